The Hall–Kier alpha value is -0.700. The Bertz CT molecular complexity index is 224. The molecule has 1 N–H and O–H groups in total. The van der Waals surface area contributed by atoms with Gasteiger partial charge in [-0.25, -0.2) is 4.98 Å². The van der Waals surface area contributed by atoms with Crippen LogP contribution in [0.5, 0.6) is 5.88 Å². The quantitative estimate of drug-likeness (QED) is 0.535. The third-order valence-electron chi connectivity index (χ3n) is 1.04. The van der Waals surface area contributed by atoms with E-state index in [2.05, 4.69) is 17.6 Å². The molecule has 48 valence electrons. The number of rotatable bonds is 0. The SMILES string of the molecule is Cc1cc(S)cnc1O. The number of nitrogens with zero attached hydrogens (tertiary/aromatic N) is 1. The summed E-state index contributed by atoms with van der Waals surface area (Å²) in [5.74, 6) is 0.0767. The predicted molar refractivity (Wildman–Crippen MR) is 37.9 cm³/mol. The highest BCUT2D eigenvalue weighted by molar-refractivity contribution is 7.80. The molecule has 1 aromatic heterocycles. The summed E-state index contributed by atoms with van der Waals surface area (Å²) in [6, 6.07) is 1.76. The predicted octanol–water partition coefficient (Wildman–Crippen LogP) is 1.38. The molecule has 9 heavy (non-hydrogen) atoms. The normalized spacial score (nSPS) is 9.56. The van der Waals surface area contributed by atoms with Crippen molar-refractivity contribution in [3.8, 4) is 5.88 Å². The second-order valence-electron chi connectivity index (χ2n) is 1.83. The van der Waals surface area contributed by atoms with Crippen molar-refractivity contribution in [1.82, 2.24) is 4.98 Å². The van der Waals surface area contributed by atoms with Crippen LogP contribution in [0, 0.1) is 6.92 Å². The van der Waals surface area contributed by atoms with Crippen molar-refractivity contribution in [2.45, 2.75) is 11.8 Å². The smallest absolute Gasteiger partial charge is 0.213 e. The van der Waals surface area contributed by atoms with Crippen LogP contribution in [0.2, 0.25) is 0 Å². The van der Waals surface area contributed by atoms with Crippen LogP contribution in [0.25, 0.3) is 0 Å². The van der Waals surface area contributed by atoms with Gasteiger partial charge in [-0.1, -0.05) is 0 Å². The van der Waals surface area contributed by atoms with E-state index in [4.69, 9.17) is 5.11 Å². The molecule has 0 atom stereocenters. The van der Waals surface area contributed by atoms with E-state index >= 15 is 0 Å². The zero-order chi connectivity index (χ0) is 6.85. The summed E-state index contributed by atoms with van der Waals surface area (Å²) in [5, 5.41) is 8.90. The minimum absolute atomic E-state index is 0.0767. The van der Waals surface area contributed by atoms with E-state index < -0.39 is 0 Å². The van der Waals surface area contributed by atoms with Gasteiger partial charge in [0.1, 0.15) is 0 Å². The van der Waals surface area contributed by atoms with Gasteiger partial charge >= 0.3 is 0 Å². The van der Waals surface area contributed by atoms with E-state index in [1.165, 1.54) is 6.20 Å². The molecule has 0 aromatic carbocycles. The fourth-order valence-corrected chi connectivity index (χ4v) is 0.804. The van der Waals surface area contributed by atoms with Gasteiger partial charge in [0.2, 0.25) is 5.88 Å². The second-order valence-corrected chi connectivity index (χ2v) is 2.35. The summed E-state index contributed by atoms with van der Waals surface area (Å²) in [6.45, 7) is 1.78. The summed E-state index contributed by atoms with van der Waals surface area (Å²) in [4.78, 5) is 4.43. The van der Waals surface area contributed by atoms with Gasteiger partial charge in [0, 0.05) is 16.7 Å². The maximum Gasteiger partial charge on any atom is 0.213 e. The molecular weight excluding hydrogens is 134 g/mol. The molecule has 0 unspecified atom stereocenters. The number of aromatic hydroxyl groups is 1. The lowest BCUT2D eigenvalue weighted by Crippen LogP contribution is -1.78. The van der Waals surface area contributed by atoms with Gasteiger partial charge in [0.25, 0.3) is 0 Å². The van der Waals surface area contributed by atoms with Crippen LogP contribution in [0.1, 0.15) is 5.56 Å². The first-order chi connectivity index (χ1) is 4.20. The van der Waals surface area contributed by atoms with Crippen LogP contribution in [0.4, 0.5) is 0 Å². The lowest BCUT2D eigenvalue weighted by Gasteiger charge is -1.95. The monoisotopic (exact) mass is 141 g/mol. The summed E-state index contributed by atoms with van der Waals surface area (Å²) in [6.07, 6.45) is 1.51. The van der Waals surface area contributed by atoms with Crippen LogP contribution in [0.15, 0.2) is 17.2 Å². The minimum atomic E-state index is 0.0767. The summed E-state index contributed by atoms with van der Waals surface area (Å²) < 4.78 is 0. The van der Waals surface area contributed by atoms with E-state index in [1.54, 1.807) is 13.0 Å². The zero-order valence-electron chi connectivity index (χ0n) is 5.00. The average Bonchev–Trinajstić information content (AvgIpc) is 1.80. The third kappa shape index (κ3) is 1.36. The Morgan fingerprint density at radius 3 is 2.78 bits per heavy atom. The van der Waals surface area contributed by atoms with Crippen molar-refractivity contribution in [1.29, 1.82) is 0 Å². The van der Waals surface area contributed by atoms with Crippen molar-refractivity contribution < 1.29 is 5.11 Å². The summed E-state index contributed by atoms with van der Waals surface area (Å²) >= 11 is 4.03. The van der Waals surface area contributed by atoms with Gasteiger partial charge in [0.05, 0.1) is 0 Å². The molecule has 0 aliphatic heterocycles. The van der Waals surface area contributed by atoms with Crippen LogP contribution in [-0.4, -0.2) is 10.1 Å². The standard InChI is InChI=1S/C6H7NOS/c1-4-2-5(9)3-7-6(4)8/h2-3,9H,1H3,(H,7,8). The van der Waals surface area contributed by atoms with Crippen molar-refractivity contribution >= 4 is 12.6 Å². The highest BCUT2D eigenvalue weighted by atomic mass is 32.1. The average molecular weight is 141 g/mol. The molecule has 0 saturated carbocycles. The molecule has 0 aliphatic carbocycles. The van der Waals surface area contributed by atoms with Gasteiger partial charge in [-0.3, -0.25) is 0 Å². The highest BCUT2D eigenvalue weighted by Gasteiger charge is 1.94. The summed E-state index contributed by atoms with van der Waals surface area (Å²) in [7, 11) is 0. The van der Waals surface area contributed by atoms with Crippen LogP contribution in [0.3, 0.4) is 0 Å². The largest absolute Gasteiger partial charge is 0.493 e. The lowest BCUT2D eigenvalue weighted by molar-refractivity contribution is 0.448. The number of aryl methyl sites for hydroxylation is 1. The molecule has 0 fully saturated rings. The molecule has 0 radical (unpaired) electrons. The van der Waals surface area contributed by atoms with E-state index in [0.717, 1.165) is 10.5 Å². The molecule has 0 aliphatic rings. The van der Waals surface area contributed by atoms with Gasteiger partial charge in [-0.05, 0) is 13.0 Å². The molecule has 0 amide bonds. The topological polar surface area (TPSA) is 33.1 Å². The first-order valence-corrected chi connectivity index (χ1v) is 2.99. The first kappa shape index (κ1) is 6.42. The molecular formula is C6H7NOS. The number of aromatic nitrogens is 1. The Morgan fingerprint density at radius 2 is 2.33 bits per heavy atom. The molecule has 0 saturated heterocycles. The number of hydrogen-bond donors (Lipinski definition) is 2. The Balaban J connectivity index is 3.17. The van der Waals surface area contributed by atoms with Crippen molar-refractivity contribution in [2.24, 2.45) is 0 Å². The van der Waals surface area contributed by atoms with E-state index in [1.807, 2.05) is 0 Å². The van der Waals surface area contributed by atoms with Gasteiger partial charge in [-0.2, -0.15) is 0 Å². The van der Waals surface area contributed by atoms with Gasteiger partial charge in [-0.15, -0.1) is 12.6 Å². The highest BCUT2D eigenvalue weighted by Crippen LogP contribution is 2.14. The molecule has 0 bridgehead atoms. The van der Waals surface area contributed by atoms with Gasteiger partial charge < -0.3 is 5.11 Å². The van der Waals surface area contributed by atoms with Crippen LogP contribution in [-0.2, 0) is 0 Å². The number of pyridine rings is 1. The maximum atomic E-state index is 8.90. The van der Waals surface area contributed by atoms with Crippen LogP contribution >= 0.6 is 12.6 Å². The third-order valence-corrected chi connectivity index (χ3v) is 1.28. The van der Waals surface area contributed by atoms with Crippen molar-refractivity contribution in [2.75, 3.05) is 0 Å². The summed E-state index contributed by atoms with van der Waals surface area (Å²) in [5.41, 5.74) is 0.752. The van der Waals surface area contributed by atoms with E-state index in [-0.39, 0.29) is 5.88 Å². The van der Waals surface area contributed by atoms with Gasteiger partial charge in [0.15, 0.2) is 0 Å². The first-order valence-electron chi connectivity index (χ1n) is 2.55. The maximum absolute atomic E-state index is 8.90. The molecule has 3 heteroatoms. The Labute approximate surface area is 59.0 Å². The zero-order valence-corrected chi connectivity index (χ0v) is 5.89. The fraction of sp³-hybridized carbons (Fsp3) is 0.167. The fourth-order valence-electron chi connectivity index (χ4n) is 0.553. The van der Waals surface area contributed by atoms with E-state index in [0.29, 0.717) is 0 Å². The van der Waals surface area contributed by atoms with E-state index in [9.17, 15) is 0 Å². The minimum Gasteiger partial charge on any atom is -0.493 e. The number of thiol groups is 1. The van der Waals surface area contributed by atoms with Crippen molar-refractivity contribution in [3.63, 3.8) is 0 Å². The molecule has 1 aromatic rings. The Morgan fingerprint density at radius 1 is 1.67 bits per heavy atom. The molecule has 0 spiro atoms. The molecule has 1 rings (SSSR count). The van der Waals surface area contributed by atoms with Crippen LogP contribution < -0.4 is 0 Å². The van der Waals surface area contributed by atoms with Crippen molar-refractivity contribution in [3.05, 3.63) is 17.8 Å². The number of hydrogen-bond acceptors (Lipinski definition) is 3. The molecule has 1 heterocycles. The second kappa shape index (κ2) is 2.27. The Kier molecular flexibility index (Phi) is 1.62. The molecule has 2 nitrogen and oxygen atoms in total. The lowest BCUT2D eigenvalue weighted by atomic mass is 10.3.